The Balaban J connectivity index is 2.36. The number of rotatable bonds is 5. The van der Waals surface area contributed by atoms with Gasteiger partial charge in [-0.1, -0.05) is 28.1 Å². The third-order valence-corrected chi connectivity index (χ3v) is 2.62. The molecule has 0 aromatic heterocycles. The molecule has 0 heterocycles. The molecule has 1 aromatic carbocycles. The summed E-state index contributed by atoms with van der Waals surface area (Å²) in [6.45, 7) is 0. The summed E-state index contributed by atoms with van der Waals surface area (Å²) in [6.07, 6.45) is 0.234. The number of halogens is 1. The van der Waals surface area contributed by atoms with E-state index in [1.165, 1.54) is 0 Å². The highest BCUT2D eigenvalue weighted by Crippen LogP contribution is 2.13. The average molecular weight is 273 g/mol. The lowest BCUT2D eigenvalue weighted by atomic mass is 10.1. The van der Waals surface area contributed by atoms with Crippen LogP contribution in [0.5, 0.6) is 0 Å². The molecule has 0 saturated heterocycles. The van der Waals surface area contributed by atoms with E-state index in [0.29, 0.717) is 12.8 Å². The number of aliphatic carboxylic acids is 1. The smallest absolute Gasteiger partial charge is 0.305 e. The average Bonchev–Trinajstić information content (AvgIpc) is 2.16. The second-order valence-corrected chi connectivity index (χ2v) is 4.33. The number of carboxylic acids is 1. The zero-order valence-electron chi connectivity index (χ0n) is 8.19. The molecule has 0 aliphatic rings. The van der Waals surface area contributed by atoms with Crippen LogP contribution in [0.2, 0.25) is 0 Å². The number of aryl methyl sites for hydroxylation is 1. The van der Waals surface area contributed by atoms with Crippen LogP contribution in [0, 0.1) is 0 Å². The van der Waals surface area contributed by atoms with E-state index in [9.17, 15) is 9.90 Å². The number of carboxylic acid groups (broad SMARTS) is 1. The van der Waals surface area contributed by atoms with E-state index in [0.717, 1.165) is 10.0 Å². The van der Waals surface area contributed by atoms with Gasteiger partial charge in [0.15, 0.2) is 0 Å². The Morgan fingerprint density at radius 1 is 1.33 bits per heavy atom. The molecule has 1 aromatic rings. The van der Waals surface area contributed by atoms with Crippen LogP contribution in [0.15, 0.2) is 28.7 Å². The molecule has 1 rings (SSSR count). The molecule has 4 heteroatoms. The Morgan fingerprint density at radius 3 is 2.47 bits per heavy atom. The van der Waals surface area contributed by atoms with Crippen LogP contribution in [-0.4, -0.2) is 22.3 Å². The van der Waals surface area contributed by atoms with Crippen molar-refractivity contribution in [3.05, 3.63) is 34.3 Å². The molecule has 0 aliphatic carbocycles. The molecule has 0 saturated carbocycles. The zero-order chi connectivity index (χ0) is 11.3. The topological polar surface area (TPSA) is 57.5 Å². The molecule has 0 bridgehead atoms. The fourth-order valence-electron chi connectivity index (χ4n) is 1.29. The first-order chi connectivity index (χ1) is 7.08. The van der Waals surface area contributed by atoms with Crippen molar-refractivity contribution in [2.24, 2.45) is 0 Å². The molecule has 82 valence electrons. The summed E-state index contributed by atoms with van der Waals surface area (Å²) in [6, 6.07) is 7.77. The summed E-state index contributed by atoms with van der Waals surface area (Å²) in [5.41, 5.74) is 1.10. The van der Waals surface area contributed by atoms with Gasteiger partial charge in [-0.15, -0.1) is 0 Å². The van der Waals surface area contributed by atoms with E-state index < -0.39 is 12.1 Å². The second kappa shape index (κ2) is 5.88. The summed E-state index contributed by atoms with van der Waals surface area (Å²) in [5, 5.41) is 17.8. The summed E-state index contributed by atoms with van der Waals surface area (Å²) in [7, 11) is 0. The fourth-order valence-corrected chi connectivity index (χ4v) is 1.55. The van der Waals surface area contributed by atoms with Crippen molar-refractivity contribution >= 4 is 21.9 Å². The van der Waals surface area contributed by atoms with Gasteiger partial charge in [-0.3, -0.25) is 4.79 Å². The van der Waals surface area contributed by atoms with Crippen LogP contribution < -0.4 is 0 Å². The standard InChI is InChI=1S/C11H13BrO3/c12-9-4-1-8(2-5-9)3-6-10(13)7-11(14)15/h1-2,4-5,10,13H,3,6-7H2,(H,14,15). The van der Waals surface area contributed by atoms with Crippen LogP contribution in [-0.2, 0) is 11.2 Å². The van der Waals surface area contributed by atoms with E-state index in [2.05, 4.69) is 15.9 Å². The largest absolute Gasteiger partial charge is 0.481 e. The third-order valence-electron chi connectivity index (χ3n) is 2.09. The van der Waals surface area contributed by atoms with Crippen molar-refractivity contribution in [3.63, 3.8) is 0 Å². The van der Waals surface area contributed by atoms with Crippen LogP contribution in [0.1, 0.15) is 18.4 Å². The molecule has 1 atom stereocenters. The van der Waals surface area contributed by atoms with Gasteiger partial charge in [0.2, 0.25) is 0 Å². The molecular weight excluding hydrogens is 260 g/mol. The van der Waals surface area contributed by atoms with Gasteiger partial charge in [0.1, 0.15) is 0 Å². The Morgan fingerprint density at radius 2 is 1.93 bits per heavy atom. The van der Waals surface area contributed by atoms with Crippen LogP contribution >= 0.6 is 15.9 Å². The zero-order valence-corrected chi connectivity index (χ0v) is 9.77. The maximum Gasteiger partial charge on any atom is 0.305 e. The molecule has 0 aliphatic heterocycles. The Kier molecular flexibility index (Phi) is 4.78. The molecule has 0 spiro atoms. The number of aliphatic hydroxyl groups is 1. The second-order valence-electron chi connectivity index (χ2n) is 3.42. The third kappa shape index (κ3) is 4.95. The summed E-state index contributed by atoms with van der Waals surface area (Å²) in [4.78, 5) is 10.3. The lowest BCUT2D eigenvalue weighted by Gasteiger charge is -2.07. The molecular formula is C11H13BrO3. The molecule has 3 nitrogen and oxygen atoms in total. The first kappa shape index (κ1) is 12.2. The van der Waals surface area contributed by atoms with Gasteiger partial charge in [-0.2, -0.15) is 0 Å². The van der Waals surface area contributed by atoms with Crippen LogP contribution in [0.3, 0.4) is 0 Å². The van der Waals surface area contributed by atoms with Gasteiger partial charge >= 0.3 is 5.97 Å². The Labute approximate surface area is 96.9 Å². The molecule has 15 heavy (non-hydrogen) atoms. The lowest BCUT2D eigenvalue weighted by molar-refractivity contribution is -0.139. The number of carbonyl (C=O) groups is 1. The van der Waals surface area contributed by atoms with Gasteiger partial charge in [0, 0.05) is 4.47 Å². The molecule has 0 amide bonds. The minimum absolute atomic E-state index is 0.184. The van der Waals surface area contributed by atoms with E-state index in [4.69, 9.17) is 5.11 Å². The van der Waals surface area contributed by atoms with Crippen molar-refractivity contribution in [2.75, 3.05) is 0 Å². The van der Waals surface area contributed by atoms with Crippen molar-refractivity contribution < 1.29 is 15.0 Å². The molecule has 2 N–H and O–H groups in total. The van der Waals surface area contributed by atoms with Crippen molar-refractivity contribution in [3.8, 4) is 0 Å². The van der Waals surface area contributed by atoms with Crippen molar-refractivity contribution in [1.82, 2.24) is 0 Å². The van der Waals surface area contributed by atoms with Crippen LogP contribution in [0.4, 0.5) is 0 Å². The van der Waals surface area contributed by atoms with Gasteiger partial charge < -0.3 is 10.2 Å². The molecule has 0 fully saturated rings. The number of benzene rings is 1. The minimum atomic E-state index is -0.960. The highest BCUT2D eigenvalue weighted by molar-refractivity contribution is 9.10. The maximum atomic E-state index is 10.3. The maximum absolute atomic E-state index is 10.3. The number of aliphatic hydroxyl groups excluding tert-OH is 1. The minimum Gasteiger partial charge on any atom is -0.481 e. The highest BCUT2D eigenvalue weighted by atomic mass is 79.9. The Hall–Kier alpha value is -0.870. The number of hydrogen-bond donors (Lipinski definition) is 2. The van der Waals surface area contributed by atoms with E-state index >= 15 is 0 Å². The van der Waals surface area contributed by atoms with Gasteiger partial charge in [0.25, 0.3) is 0 Å². The number of hydrogen-bond acceptors (Lipinski definition) is 2. The summed E-state index contributed by atoms with van der Waals surface area (Å²) in [5.74, 6) is -0.960. The quantitative estimate of drug-likeness (QED) is 0.864. The SMILES string of the molecule is O=C(O)CC(O)CCc1ccc(Br)cc1. The normalized spacial score (nSPS) is 12.4. The molecule has 1 unspecified atom stereocenters. The summed E-state index contributed by atoms with van der Waals surface area (Å²) < 4.78 is 1.01. The first-order valence-electron chi connectivity index (χ1n) is 4.72. The lowest BCUT2D eigenvalue weighted by Crippen LogP contribution is -2.13. The fraction of sp³-hybridized carbons (Fsp3) is 0.364. The van der Waals surface area contributed by atoms with Gasteiger partial charge in [-0.05, 0) is 30.5 Å². The van der Waals surface area contributed by atoms with Crippen molar-refractivity contribution in [1.29, 1.82) is 0 Å². The van der Waals surface area contributed by atoms with Gasteiger partial charge in [-0.25, -0.2) is 0 Å². The van der Waals surface area contributed by atoms with Gasteiger partial charge in [0.05, 0.1) is 12.5 Å². The first-order valence-corrected chi connectivity index (χ1v) is 5.51. The van der Waals surface area contributed by atoms with Crippen LogP contribution in [0.25, 0.3) is 0 Å². The monoisotopic (exact) mass is 272 g/mol. The van der Waals surface area contributed by atoms with E-state index in [1.54, 1.807) is 0 Å². The summed E-state index contributed by atoms with van der Waals surface area (Å²) >= 11 is 3.33. The Bertz CT molecular complexity index is 321. The predicted molar refractivity (Wildman–Crippen MR) is 60.7 cm³/mol. The van der Waals surface area contributed by atoms with E-state index in [1.807, 2.05) is 24.3 Å². The van der Waals surface area contributed by atoms with Crippen molar-refractivity contribution in [2.45, 2.75) is 25.4 Å². The molecule has 0 radical (unpaired) electrons. The predicted octanol–water partition coefficient (Wildman–Crippen LogP) is 2.22. The van der Waals surface area contributed by atoms with E-state index in [-0.39, 0.29) is 6.42 Å². The highest BCUT2D eigenvalue weighted by Gasteiger charge is 2.09.